The molecule has 0 saturated heterocycles. The number of halogens is 3. The molecule has 0 aliphatic heterocycles. The molecule has 1 saturated carbocycles. The highest BCUT2D eigenvalue weighted by Crippen LogP contribution is 2.31. The number of hydrogen-bond donors (Lipinski definition) is 1. The van der Waals surface area contributed by atoms with Crippen LogP contribution in [-0.4, -0.2) is 6.04 Å². The van der Waals surface area contributed by atoms with E-state index in [1.54, 1.807) is 6.07 Å². The van der Waals surface area contributed by atoms with Gasteiger partial charge in [-0.05, 0) is 43.2 Å². The predicted molar refractivity (Wildman–Crippen MR) is 90.5 cm³/mol. The van der Waals surface area contributed by atoms with Crippen LogP contribution in [0, 0.1) is 0 Å². The molecule has 3 rings (SSSR count). The largest absolute Gasteiger partial charge is 0.460 e. The highest BCUT2D eigenvalue weighted by atomic mass is 35.5. The van der Waals surface area contributed by atoms with Gasteiger partial charge >= 0.3 is 0 Å². The lowest BCUT2D eigenvalue weighted by Crippen LogP contribution is -2.24. The Hall–Kier alpha value is -0.670. The summed E-state index contributed by atoms with van der Waals surface area (Å²) in [6, 6.07) is 10.0. The first-order valence-corrected chi connectivity index (χ1v) is 7.75. The molecule has 2 aromatic rings. The van der Waals surface area contributed by atoms with E-state index < -0.39 is 0 Å². The quantitative estimate of drug-likeness (QED) is 0.767. The summed E-state index contributed by atoms with van der Waals surface area (Å²) in [4.78, 5) is 0. The van der Waals surface area contributed by atoms with Gasteiger partial charge in [-0.15, -0.1) is 12.4 Å². The molecular formula is C16H18Cl3NO. The molecule has 114 valence electrons. The van der Waals surface area contributed by atoms with Crippen molar-refractivity contribution in [3.05, 3.63) is 46.1 Å². The van der Waals surface area contributed by atoms with Crippen LogP contribution in [0.25, 0.3) is 11.3 Å². The zero-order chi connectivity index (χ0) is 13.9. The normalized spacial score (nSPS) is 15.1. The first-order chi connectivity index (χ1) is 9.72. The van der Waals surface area contributed by atoms with E-state index in [-0.39, 0.29) is 12.4 Å². The third-order valence-electron chi connectivity index (χ3n) is 3.78. The standard InChI is InChI=1S/C16H17Cl2NO.ClH/c17-11-5-7-14(15(18)9-11)16-8-6-13(20-16)10-19-12-3-1-2-4-12;/h5-9,12,19H,1-4,10H2;1H. The zero-order valence-electron chi connectivity index (χ0n) is 11.6. The molecule has 21 heavy (non-hydrogen) atoms. The molecule has 5 heteroatoms. The van der Waals surface area contributed by atoms with Gasteiger partial charge in [-0.3, -0.25) is 0 Å². The third-order valence-corrected chi connectivity index (χ3v) is 4.33. The topological polar surface area (TPSA) is 25.2 Å². The molecule has 1 aromatic carbocycles. The molecule has 0 bridgehead atoms. The first-order valence-electron chi connectivity index (χ1n) is 7.00. The lowest BCUT2D eigenvalue weighted by molar-refractivity contribution is 0.452. The van der Waals surface area contributed by atoms with Crippen LogP contribution < -0.4 is 5.32 Å². The molecule has 0 spiro atoms. The maximum absolute atomic E-state index is 6.19. The van der Waals surface area contributed by atoms with Crippen LogP contribution in [0.4, 0.5) is 0 Å². The number of furan rings is 1. The third kappa shape index (κ3) is 4.17. The van der Waals surface area contributed by atoms with Gasteiger partial charge in [0.1, 0.15) is 11.5 Å². The van der Waals surface area contributed by atoms with Crippen LogP contribution in [0.1, 0.15) is 31.4 Å². The van der Waals surface area contributed by atoms with Crippen LogP contribution in [0.15, 0.2) is 34.7 Å². The van der Waals surface area contributed by atoms with E-state index in [4.69, 9.17) is 27.6 Å². The summed E-state index contributed by atoms with van der Waals surface area (Å²) in [6.45, 7) is 0.774. The monoisotopic (exact) mass is 345 g/mol. The van der Waals surface area contributed by atoms with Crippen molar-refractivity contribution in [1.82, 2.24) is 5.32 Å². The maximum Gasteiger partial charge on any atom is 0.135 e. The van der Waals surface area contributed by atoms with Crippen molar-refractivity contribution in [2.24, 2.45) is 0 Å². The van der Waals surface area contributed by atoms with E-state index >= 15 is 0 Å². The van der Waals surface area contributed by atoms with Crippen LogP contribution in [0.5, 0.6) is 0 Å². The Kier molecular flexibility index (Phi) is 6.00. The van der Waals surface area contributed by atoms with Crippen LogP contribution in [-0.2, 0) is 6.54 Å². The van der Waals surface area contributed by atoms with Crippen LogP contribution >= 0.6 is 35.6 Å². The van der Waals surface area contributed by atoms with Crippen molar-refractivity contribution in [3.8, 4) is 11.3 Å². The summed E-state index contributed by atoms with van der Waals surface area (Å²) >= 11 is 12.1. The molecule has 1 heterocycles. The van der Waals surface area contributed by atoms with Gasteiger partial charge in [-0.2, -0.15) is 0 Å². The number of benzene rings is 1. The van der Waals surface area contributed by atoms with E-state index in [1.165, 1.54) is 25.7 Å². The Balaban J connectivity index is 0.00000161. The van der Waals surface area contributed by atoms with Gasteiger partial charge < -0.3 is 9.73 Å². The Morgan fingerprint density at radius 1 is 1.10 bits per heavy atom. The molecule has 1 aromatic heterocycles. The first kappa shape index (κ1) is 16.7. The fourth-order valence-corrected chi connectivity index (χ4v) is 3.18. The average Bonchev–Trinajstić information content (AvgIpc) is 3.07. The minimum atomic E-state index is 0. The predicted octanol–water partition coefficient (Wildman–Crippen LogP) is 5.71. The Morgan fingerprint density at radius 2 is 1.86 bits per heavy atom. The molecule has 1 aliphatic rings. The molecule has 1 fully saturated rings. The number of nitrogens with one attached hydrogen (secondary N) is 1. The lowest BCUT2D eigenvalue weighted by atomic mass is 10.2. The lowest BCUT2D eigenvalue weighted by Gasteiger charge is -2.09. The van der Waals surface area contributed by atoms with E-state index in [0.29, 0.717) is 16.1 Å². The fourth-order valence-electron chi connectivity index (χ4n) is 2.68. The van der Waals surface area contributed by atoms with Gasteiger partial charge in [0.05, 0.1) is 11.6 Å². The Morgan fingerprint density at radius 3 is 2.57 bits per heavy atom. The zero-order valence-corrected chi connectivity index (χ0v) is 13.9. The molecule has 1 N–H and O–H groups in total. The summed E-state index contributed by atoms with van der Waals surface area (Å²) in [6.07, 6.45) is 5.22. The van der Waals surface area contributed by atoms with Crippen LogP contribution in [0.2, 0.25) is 10.0 Å². The van der Waals surface area contributed by atoms with Gasteiger partial charge in [0.2, 0.25) is 0 Å². The maximum atomic E-state index is 6.19. The molecular weight excluding hydrogens is 329 g/mol. The SMILES string of the molecule is Cl.Clc1ccc(-c2ccc(CNC3CCCC3)o2)c(Cl)c1. The summed E-state index contributed by atoms with van der Waals surface area (Å²) in [5.41, 5.74) is 0.878. The Bertz CT molecular complexity index is 591. The molecule has 0 atom stereocenters. The fraction of sp³-hybridized carbons (Fsp3) is 0.375. The Labute approximate surface area is 141 Å². The van der Waals surface area contributed by atoms with Crippen molar-refractivity contribution in [2.45, 2.75) is 38.3 Å². The number of rotatable bonds is 4. The minimum absolute atomic E-state index is 0. The van der Waals surface area contributed by atoms with Gasteiger partial charge in [0.15, 0.2) is 0 Å². The molecule has 1 aliphatic carbocycles. The second-order valence-corrected chi connectivity index (χ2v) is 6.10. The van der Waals surface area contributed by atoms with Crippen molar-refractivity contribution >= 4 is 35.6 Å². The van der Waals surface area contributed by atoms with Gasteiger partial charge in [-0.1, -0.05) is 36.0 Å². The number of hydrogen-bond acceptors (Lipinski definition) is 2. The van der Waals surface area contributed by atoms with Gasteiger partial charge in [-0.25, -0.2) is 0 Å². The highest BCUT2D eigenvalue weighted by Gasteiger charge is 2.15. The average molecular weight is 347 g/mol. The van der Waals surface area contributed by atoms with Crippen molar-refractivity contribution < 1.29 is 4.42 Å². The molecule has 2 nitrogen and oxygen atoms in total. The van der Waals surface area contributed by atoms with Gasteiger partial charge in [0, 0.05) is 16.6 Å². The van der Waals surface area contributed by atoms with Crippen molar-refractivity contribution in [3.63, 3.8) is 0 Å². The van der Waals surface area contributed by atoms with E-state index in [2.05, 4.69) is 5.32 Å². The van der Waals surface area contributed by atoms with Gasteiger partial charge in [0.25, 0.3) is 0 Å². The summed E-state index contributed by atoms with van der Waals surface area (Å²) < 4.78 is 5.86. The second-order valence-electron chi connectivity index (χ2n) is 5.25. The minimum Gasteiger partial charge on any atom is -0.460 e. The molecule has 0 unspecified atom stereocenters. The summed E-state index contributed by atoms with van der Waals surface area (Å²) in [7, 11) is 0. The van der Waals surface area contributed by atoms with E-state index in [0.717, 1.165) is 23.6 Å². The summed E-state index contributed by atoms with van der Waals surface area (Å²) in [5.74, 6) is 1.73. The smallest absolute Gasteiger partial charge is 0.135 e. The van der Waals surface area contributed by atoms with Crippen LogP contribution in [0.3, 0.4) is 0 Å². The highest BCUT2D eigenvalue weighted by molar-refractivity contribution is 6.36. The van der Waals surface area contributed by atoms with E-state index in [1.807, 2.05) is 24.3 Å². The molecule has 0 amide bonds. The molecule has 0 radical (unpaired) electrons. The van der Waals surface area contributed by atoms with Crippen molar-refractivity contribution in [2.75, 3.05) is 0 Å². The summed E-state index contributed by atoms with van der Waals surface area (Å²) in [5, 5.41) is 4.78. The second kappa shape index (κ2) is 7.55. The van der Waals surface area contributed by atoms with E-state index in [9.17, 15) is 0 Å². The van der Waals surface area contributed by atoms with Crippen molar-refractivity contribution in [1.29, 1.82) is 0 Å².